The molecule has 0 radical (unpaired) electrons. The number of benzene rings is 3. The molecule has 0 atom stereocenters. The molecule has 3 aromatic rings. The third-order valence-corrected chi connectivity index (χ3v) is 4.96. The predicted molar refractivity (Wildman–Crippen MR) is 113 cm³/mol. The molecule has 0 unspecified atom stereocenters. The Morgan fingerprint density at radius 2 is 1.69 bits per heavy atom. The summed E-state index contributed by atoms with van der Waals surface area (Å²) >= 11 is 0. The minimum Gasteiger partial charge on any atom is -0.465 e. The SMILES string of the molecule is COC(=O)c1ccc(/C=C2\Oc3c(ccc(OC(=O)c4ccccc4F)c3C)C2=O)cc1. The molecule has 1 aliphatic heterocycles. The van der Waals surface area contributed by atoms with Crippen LogP contribution in [-0.4, -0.2) is 24.8 Å². The van der Waals surface area contributed by atoms with Crippen molar-refractivity contribution in [3.05, 3.63) is 100 Å². The molecule has 4 rings (SSSR count). The maximum atomic E-state index is 13.9. The predicted octanol–water partition coefficient (Wildman–Crippen LogP) is 4.76. The van der Waals surface area contributed by atoms with Crippen molar-refractivity contribution in [3.8, 4) is 11.5 Å². The van der Waals surface area contributed by atoms with E-state index in [4.69, 9.17) is 9.47 Å². The fourth-order valence-electron chi connectivity index (χ4n) is 3.24. The number of halogens is 1. The van der Waals surface area contributed by atoms with Crippen LogP contribution >= 0.6 is 0 Å². The van der Waals surface area contributed by atoms with Gasteiger partial charge in [0.25, 0.3) is 0 Å². The third-order valence-electron chi connectivity index (χ3n) is 4.96. The lowest BCUT2D eigenvalue weighted by Crippen LogP contribution is -2.11. The van der Waals surface area contributed by atoms with Gasteiger partial charge in [-0.1, -0.05) is 24.3 Å². The molecule has 160 valence electrons. The average molecular weight is 432 g/mol. The molecule has 0 amide bonds. The van der Waals surface area contributed by atoms with Gasteiger partial charge in [0.1, 0.15) is 17.3 Å². The molecule has 0 saturated heterocycles. The number of hydrogen-bond acceptors (Lipinski definition) is 6. The van der Waals surface area contributed by atoms with E-state index in [0.717, 1.165) is 0 Å². The van der Waals surface area contributed by atoms with Crippen LogP contribution in [0.25, 0.3) is 6.08 Å². The molecule has 0 aromatic heterocycles. The van der Waals surface area contributed by atoms with Crippen molar-refractivity contribution >= 4 is 23.8 Å². The lowest BCUT2D eigenvalue weighted by molar-refractivity contribution is 0.0600. The summed E-state index contributed by atoms with van der Waals surface area (Å²) in [6.07, 6.45) is 1.55. The number of hydrogen-bond donors (Lipinski definition) is 0. The fourth-order valence-corrected chi connectivity index (χ4v) is 3.24. The first-order chi connectivity index (χ1) is 15.4. The maximum Gasteiger partial charge on any atom is 0.346 e. The molecular formula is C25H17FO6. The summed E-state index contributed by atoms with van der Waals surface area (Å²) in [7, 11) is 1.30. The van der Waals surface area contributed by atoms with Gasteiger partial charge in [0.05, 0.1) is 23.8 Å². The van der Waals surface area contributed by atoms with E-state index in [1.165, 1.54) is 43.5 Å². The fraction of sp³-hybridized carbons (Fsp3) is 0.0800. The Bertz CT molecular complexity index is 1270. The van der Waals surface area contributed by atoms with Crippen LogP contribution in [-0.2, 0) is 4.74 Å². The maximum absolute atomic E-state index is 13.9. The van der Waals surface area contributed by atoms with Gasteiger partial charge in [-0.3, -0.25) is 4.79 Å². The van der Waals surface area contributed by atoms with Gasteiger partial charge in [-0.05, 0) is 55.0 Å². The van der Waals surface area contributed by atoms with Crippen molar-refractivity contribution < 1.29 is 33.0 Å². The van der Waals surface area contributed by atoms with Crippen LogP contribution in [0.2, 0.25) is 0 Å². The van der Waals surface area contributed by atoms with Crippen molar-refractivity contribution in [1.29, 1.82) is 0 Å². The van der Waals surface area contributed by atoms with Crippen LogP contribution in [0.4, 0.5) is 4.39 Å². The van der Waals surface area contributed by atoms with E-state index in [2.05, 4.69) is 4.74 Å². The molecule has 1 aliphatic rings. The first-order valence-corrected chi connectivity index (χ1v) is 9.62. The molecule has 0 saturated carbocycles. The Morgan fingerprint density at radius 3 is 2.38 bits per heavy atom. The van der Waals surface area contributed by atoms with E-state index >= 15 is 0 Å². The topological polar surface area (TPSA) is 78.9 Å². The van der Waals surface area contributed by atoms with E-state index in [1.54, 1.807) is 37.3 Å². The number of allylic oxidation sites excluding steroid dienone is 1. The van der Waals surface area contributed by atoms with Gasteiger partial charge in [0.2, 0.25) is 5.78 Å². The molecule has 7 heteroatoms. The molecule has 0 bridgehead atoms. The lowest BCUT2D eigenvalue weighted by Gasteiger charge is -2.10. The van der Waals surface area contributed by atoms with Crippen LogP contribution in [0.5, 0.6) is 11.5 Å². The highest BCUT2D eigenvalue weighted by molar-refractivity contribution is 6.15. The van der Waals surface area contributed by atoms with E-state index in [9.17, 15) is 18.8 Å². The summed E-state index contributed by atoms with van der Waals surface area (Å²) in [5, 5.41) is 0. The van der Waals surface area contributed by atoms with Gasteiger partial charge in [-0.15, -0.1) is 0 Å². The summed E-state index contributed by atoms with van der Waals surface area (Å²) < 4.78 is 29.6. The zero-order valence-corrected chi connectivity index (χ0v) is 17.2. The van der Waals surface area contributed by atoms with Gasteiger partial charge in [0.15, 0.2) is 5.76 Å². The number of ketones is 1. The molecule has 6 nitrogen and oxygen atoms in total. The largest absolute Gasteiger partial charge is 0.465 e. The van der Waals surface area contributed by atoms with E-state index in [-0.39, 0.29) is 28.6 Å². The van der Waals surface area contributed by atoms with Crippen LogP contribution < -0.4 is 9.47 Å². The second-order valence-corrected chi connectivity index (χ2v) is 6.99. The Morgan fingerprint density at radius 1 is 0.969 bits per heavy atom. The smallest absolute Gasteiger partial charge is 0.346 e. The summed E-state index contributed by atoms with van der Waals surface area (Å²) in [5.74, 6) is -1.81. The van der Waals surface area contributed by atoms with Crippen molar-refractivity contribution in [2.45, 2.75) is 6.92 Å². The Balaban J connectivity index is 1.58. The minimum atomic E-state index is -0.850. The van der Waals surface area contributed by atoms with Crippen LogP contribution in [0.1, 0.15) is 42.2 Å². The van der Waals surface area contributed by atoms with E-state index in [0.29, 0.717) is 22.3 Å². The second kappa shape index (κ2) is 8.47. The van der Waals surface area contributed by atoms with Crippen LogP contribution in [0.15, 0.2) is 66.4 Å². The van der Waals surface area contributed by atoms with Gasteiger partial charge in [-0.2, -0.15) is 0 Å². The number of methoxy groups -OCH3 is 1. The van der Waals surface area contributed by atoms with Gasteiger partial charge in [-0.25, -0.2) is 14.0 Å². The van der Waals surface area contributed by atoms with Crippen molar-refractivity contribution in [1.82, 2.24) is 0 Å². The number of fused-ring (bicyclic) bond motifs is 1. The van der Waals surface area contributed by atoms with Crippen molar-refractivity contribution in [2.24, 2.45) is 0 Å². The van der Waals surface area contributed by atoms with Crippen LogP contribution in [0, 0.1) is 12.7 Å². The monoisotopic (exact) mass is 432 g/mol. The molecule has 3 aromatic carbocycles. The number of rotatable bonds is 4. The van der Waals surface area contributed by atoms with Crippen molar-refractivity contribution in [2.75, 3.05) is 7.11 Å². The van der Waals surface area contributed by atoms with E-state index in [1.807, 2.05) is 0 Å². The molecule has 0 fully saturated rings. The molecule has 0 aliphatic carbocycles. The highest BCUT2D eigenvalue weighted by Crippen LogP contribution is 2.39. The summed E-state index contributed by atoms with van der Waals surface area (Å²) in [6, 6.07) is 15.0. The van der Waals surface area contributed by atoms with Gasteiger partial charge >= 0.3 is 11.9 Å². The number of esters is 2. The summed E-state index contributed by atoms with van der Waals surface area (Å²) in [4.78, 5) is 36.6. The highest BCUT2D eigenvalue weighted by atomic mass is 19.1. The van der Waals surface area contributed by atoms with Crippen LogP contribution in [0.3, 0.4) is 0 Å². The minimum absolute atomic E-state index is 0.0894. The number of carbonyl (C=O) groups excluding carboxylic acids is 3. The third kappa shape index (κ3) is 3.88. The zero-order valence-electron chi connectivity index (χ0n) is 17.2. The average Bonchev–Trinajstić information content (AvgIpc) is 3.12. The quantitative estimate of drug-likeness (QED) is 0.336. The standard InChI is InChI=1S/C25H17FO6/c1-14-20(32-25(29)17-5-3-4-6-19(17)26)12-11-18-22(27)21(31-23(14)18)13-15-7-9-16(10-8-15)24(28)30-2/h3-13H,1-2H3/b21-13-. The first-order valence-electron chi connectivity index (χ1n) is 9.62. The Kier molecular flexibility index (Phi) is 5.55. The zero-order chi connectivity index (χ0) is 22.8. The number of ether oxygens (including phenoxy) is 3. The molecule has 0 spiro atoms. The normalized spacial score (nSPS) is 13.5. The summed E-state index contributed by atoms with van der Waals surface area (Å²) in [6.45, 7) is 1.64. The lowest BCUT2D eigenvalue weighted by atomic mass is 10.1. The number of carbonyl (C=O) groups is 3. The summed E-state index contributed by atoms with van der Waals surface area (Å²) in [5.41, 5.74) is 1.60. The van der Waals surface area contributed by atoms with E-state index < -0.39 is 17.8 Å². The Labute approximate surface area is 182 Å². The highest BCUT2D eigenvalue weighted by Gasteiger charge is 2.30. The number of Topliss-reactive ketones (excluding diaryl/α,β-unsaturated/α-hetero) is 1. The van der Waals surface area contributed by atoms with Gasteiger partial charge < -0.3 is 14.2 Å². The molecular weight excluding hydrogens is 415 g/mol. The first kappa shape index (κ1) is 21.0. The second-order valence-electron chi connectivity index (χ2n) is 6.99. The molecule has 1 heterocycles. The molecule has 32 heavy (non-hydrogen) atoms. The van der Waals surface area contributed by atoms with Gasteiger partial charge in [0, 0.05) is 5.56 Å². The van der Waals surface area contributed by atoms with Crippen molar-refractivity contribution in [3.63, 3.8) is 0 Å². The Hall–Kier alpha value is -4.26. The molecule has 0 N–H and O–H groups in total.